The quantitative estimate of drug-likeness (QED) is 0.639. The van der Waals surface area contributed by atoms with Gasteiger partial charge in [-0.1, -0.05) is 36.9 Å². The molecule has 2 atom stereocenters. The number of alkyl halides is 3. The van der Waals surface area contributed by atoms with Crippen LogP contribution >= 0.6 is 0 Å². The zero-order valence-corrected chi connectivity index (χ0v) is 19.0. The van der Waals surface area contributed by atoms with E-state index in [9.17, 15) is 22.8 Å². The van der Waals surface area contributed by atoms with Crippen LogP contribution in [0.5, 0.6) is 0 Å². The number of ether oxygens (including phenoxy) is 1. The van der Waals surface area contributed by atoms with Gasteiger partial charge in [-0.2, -0.15) is 13.2 Å². The van der Waals surface area contributed by atoms with E-state index in [0.717, 1.165) is 6.07 Å². The number of halogens is 3. The minimum Gasteiger partial charge on any atom is -0.377 e. The van der Waals surface area contributed by atoms with Crippen LogP contribution < -0.4 is 5.73 Å². The van der Waals surface area contributed by atoms with Crippen LogP contribution in [0.3, 0.4) is 0 Å². The number of benzene rings is 1. The zero-order chi connectivity index (χ0) is 25.0. The summed E-state index contributed by atoms with van der Waals surface area (Å²) in [6.07, 6.45) is 1.99. The predicted molar refractivity (Wildman–Crippen MR) is 122 cm³/mol. The number of carbonyl (C=O) groups is 2. The van der Waals surface area contributed by atoms with Crippen molar-refractivity contribution in [2.75, 3.05) is 19.8 Å². The summed E-state index contributed by atoms with van der Waals surface area (Å²) in [4.78, 5) is 32.8. The van der Waals surface area contributed by atoms with Gasteiger partial charge in [-0.25, -0.2) is 4.99 Å². The van der Waals surface area contributed by atoms with Crippen LogP contribution in [0.1, 0.15) is 35.3 Å². The van der Waals surface area contributed by atoms with E-state index in [-0.39, 0.29) is 38.3 Å². The lowest BCUT2D eigenvalue weighted by Crippen LogP contribution is -2.47. The number of carbonyl (C=O) groups excluding carboxylic acids is 2. The third-order valence-corrected chi connectivity index (χ3v) is 5.66. The Balaban J connectivity index is 1.92. The first-order valence-corrected chi connectivity index (χ1v) is 10.8. The van der Waals surface area contributed by atoms with Gasteiger partial charge in [0, 0.05) is 6.54 Å². The highest BCUT2D eigenvalue weighted by molar-refractivity contribution is 6.06. The fourth-order valence-electron chi connectivity index (χ4n) is 3.85. The second-order valence-electron chi connectivity index (χ2n) is 8.01. The second-order valence-corrected chi connectivity index (χ2v) is 8.01. The molecule has 1 aromatic carbocycles. The van der Waals surface area contributed by atoms with Crippen molar-refractivity contribution in [3.63, 3.8) is 0 Å². The molecule has 1 aromatic rings. The maximum atomic E-state index is 13.7. The monoisotopic (exact) mass is 476 g/mol. The Morgan fingerprint density at radius 3 is 2.74 bits per heavy atom. The lowest BCUT2D eigenvalue weighted by molar-refractivity contribution is -0.138. The molecular weight excluding hydrogens is 449 g/mol. The molecule has 1 saturated heterocycles. The number of nitrogens with zero attached hydrogens (tertiary/aromatic N) is 3. The number of amides is 2. The average molecular weight is 476 g/mol. The number of aliphatic imine (C=N–C) groups is 1. The molecule has 0 saturated carbocycles. The molecule has 0 bridgehead atoms. The van der Waals surface area contributed by atoms with Crippen LogP contribution in [0.25, 0.3) is 0 Å². The number of guanidine groups is 1. The van der Waals surface area contributed by atoms with Crippen molar-refractivity contribution in [3.8, 4) is 0 Å². The molecule has 7 nitrogen and oxygen atoms in total. The summed E-state index contributed by atoms with van der Waals surface area (Å²) in [6.45, 7) is 7.79. The van der Waals surface area contributed by atoms with Crippen LogP contribution in [-0.2, 0) is 22.3 Å². The van der Waals surface area contributed by atoms with E-state index in [1.807, 2.05) is 6.92 Å². The molecule has 2 heterocycles. The highest BCUT2D eigenvalue weighted by Crippen LogP contribution is 2.34. The van der Waals surface area contributed by atoms with Crippen molar-refractivity contribution < 1.29 is 27.5 Å². The number of hydrogen-bond acceptors (Lipinski definition) is 5. The molecule has 2 N–H and O–H groups in total. The molecule has 2 aliphatic rings. The number of rotatable bonds is 6. The maximum absolute atomic E-state index is 13.7. The molecule has 1 fully saturated rings. The van der Waals surface area contributed by atoms with Crippen LogP contribution in [0.15, 0.2) is 59.6 Å². The van der Waals surface area contributed by atoms with Crippen LogP contribution in [-0.4, -0.2) is 59.4 Å². The van der Waals surface area contributed by atoms with Crippen molar-refractivity contribution in [2.24, 2.45) is 10.7 Å². The molecule has 0 radical (unpaired) electrons. The topological polar surface area (TPSA) is 88.2 Å². The summed E-state index contributed by atoms with van der Waals surface area (Å²) in [7, 11) is 0. The van der Waals surface area contributed by atoms with Crippen molar-refractivity contribution in [1.29, 1.82) is 0 Å². The second kappa shape index (κ2) is 10.3. The van der Waals surface area contributed by atoms with Gasteiger partial charge in [0.1, 0.15) is 0 Å². The predicted octanol–water partition coefficient (Wildman–Crippen LogP) is 3.28. The van der Waals surface area contributed by atoms with Crippen molar-refractivity contribution in [3.05, 3.63) is 71.3 Å². The van der Waals surface area contributed by atoms with Gasteiger partial charge in [0.15, 0.2) is 12.0 Å². The summed E-state index contributed by atoms with van der Waals surface area (Å²) in [5.41, 5.74) is 5.32. The normalized spacial score (nSPS) is 21.9. The SMILES string of the molecule is C=C/C(=C\C=C/C)C1N=C(N)N(Cc2ccc(C(F)(F)F)c(C(=O)N3CCOCC3C)c2)C1=O. The summed E-state index contributed by atoms with van der Waals surface area (Å²) < 4.78 is 46.4. The van der Waals surface area contributed by atoms with Gasteiger partial charge in [0.05, 0.1) is 36.9 Å². The Bertz CT molecular complexity index is 1060. The molecular formula is C24H27F3N4O3. The molecule has 34 heavy (non-hydrogen) atoms. The van der Waals surface area contributed by atoms with Crippen molar-refractivity contribution in [2.45, 2.75) is 38.7 Å². The Labute approximate surface area is 196 Å². The molecule has 2 unspecified atom stereocenters. The first-order valence-electron chi connectivity index (χ1n) is 10.8. The zero-order valence-electron chi connectivity index (χ0n) is 19.0. The van der Waals surface area contributed by atoms with E-state index in [2.05, 4.69) is 11.6 Å². The minimum absolute atomic E-state index is 0.0576. The molecule has 2 amide bonds. The number of hydrogen-bond donors (Lipinski definition) is 1. The van der Waals surface area contributed by atoms with E-state index in [0.29, 0.717) is 11.1 Å². The Morgan fingerprint density at radius 1 is 1.38 bits per heavy atom. The summed E-state index contributed by atoms with van der Waals surface area (Å²) in [5, 5.41) is 0. The fourth-order valence-corrected chi connectivity index (χ4v) is 3.85. The Morgan fingerprint density at radius 2 is 2.12 bits per heavy atom. The molecule has 182 valence electrons. The van der Waals surface area contributed by atoms with Gasteiger partial charge in [0.25, 0.3) is 11.8 Å². The first-order chi connectivity index (χ1) is 16.1. The largest absolute Gasteiger partial charge is 0.417 e. The molecule has 0 aromatic heterocycles. The number of nitrogens with two attached hydrogens (primary N) is 1. The highest BCUT2D eigenvalue weighted by Gasteiger charge is 2.39. The molecule has 3 rings (SSSR count). The number of allylic oxidation sites excluding steroid dienone is 3. The highest BCUT2D eigenvalue weighted by atomic mass is 19.4. The molecule has 0 aliphatic carbocycles. The van der Waals surface area contributed by atoms with Crippen molar-refractivity contribution in [1.82, 2.24) is 9.80 Å². The molecule has 0 spiro atoms. The van der Waals surface area contributed by atoms with Gasteiger partial charge < -0.3 is 15.4 Å². The van der Waals surface area contributed by atoms with Gasteiger partial charge in [-0.05, 0) is 37.1 Å². The van der Waals surface area contributed by atoms with Crippen LogP contribution in [0.4, 0.5) is 13.2 Å². The summed E-state index contributed by atoms with van der Waals surface area (Å²) in [6, 6.07) is 2.01. The summed E-state index contributed by atoms with van der Waals surface area (Å²) in [5.74, 6) is -1.22. The number of morpholine rings is 1. The molecule has 10 heteroatoms. The van der Waals surface area contributed by atoms with Gasteiger partial charge in [-0.3, -0.25) is 14.5 Å². The van der Waals surface area contributed by atoms with E-state index in [4.69, 9.17) is 10.5 Å². The third-order valence-electron chi connectivity index (χ3n) is 5.66. The first kappa shape index (κ1) is 25.2. The van der Waals surface area contributed by atoms with E-state index >= 15 is 0 Å². The minimum atomic E-state index is -4.72. The third kappa shape index (κ3) is 5.22. The lowest BCUT2D eigenvalue weighted by atomic mass is 10.0. The van der Waals surface area contributed by atoms with Gasteiger partial charge >= 0.3 is 6.18 Å². The van der Waals surface area contributed by atoms with Gasteiger partial charge in [0.2, 0.25) is 0 Å². The Kier molecular flexibility index (Phi) is 7.61. The Hall–Kier alpha value is -3.40. The maximum Gasteiger partial charge on any atom is 0.417 e. The van der Waals surface area contributed by atoms with Crippen LogP contribution in [0, 0.1) is 0 Å². The molecule has 2 aliphatic heterocycles. The summed E-state index contributed by atoms with van der Waals surface area (Å²) >= 11 is 0. The van der Waals surface area contributed by atoms with Crippen LogP contribution in [0.2, 0.25) is 0 Å². The van der Waals surface area contributed by atoms with E-state index < -0.39 is 35.2 Å². The standard InChI is InChI=1S/C24H27F3N4O3/c1-4-6-7-17(5-2)20-22(33)31(23(28)29-20)13-16-8-9-19(24(25,26)27)18(12-16)21(32)30-10-11-34-14-15(30)3/h4-9,12,15,20H,2,10-11,13-14H2,1,3H3,(H2,28,29)/b6-4-,17-7+. The van der Waals surface area contributed by atoms with Gasteiger partial charge in [-0.15, -0.1) is 0 Å². The van der Waals surface area contributed by atoms with E-state index in [1.54, 1.807) is 25.2 Å². The fraction of sp³-hybridized carbons (Fsp3) is 0.375. The smallest absolute Gasteiger partial charge is 0.377 e. The lowest BCUT2D eigenvalue weighted by Gasteiger charge is -2.34. The van der Waals surface area contributed by atoms with Crippen molar-refractivity contribution >= 4 is 17.8 Å². The van der Waals surface area contributed by atoms with E-state index in [1.165, 1.54) is 28.0 Å². The average Bonchev–Trinajstić information content (AvgIpc) is 3.07.